The molecule has 1 aromatic heterocycles. The van der Waals surface area contributed by atoms with E-state index in [9.17, 15) is 27.5 Å². The van der Waals surface area contributed by atoms with Crippen LogP contribution in [0.3, 0.4) is 0 Å². The highest BCUT2D eigenvalue weighted by Crippen LogP contribution is 2.34. The van der Waals surface area contributed by atoms with Crippen LogP contribution in [0.15, 0.2) is 17.4 Å². The molecule has 1 amide bonds. The summed E-state index contributed by atoms with van der Waals surface area (Å²) in [5.41, 5.74) is -3.44. The SMILES string of the molecule is Cc1ccn([C@@H](C)C(=O)N2N=C(C(F)F)C[C@]2(O)C(F)F)n1. The number of carbonyl (C=O) groups is 1. The average molecular weight is 322 g/mol. The minimum atomic E-state index is -3.44. The largest absolute Gasteiger partial charge is 0.364 e. The van der Waals surface area contributed by atoms with Gasteiger partial charge in [0.25, 0.3) is 18.8 Å². The average Bonchev–Trinajstić information content (AvgIpc) is 3.02. The molecular formula is C12H14F4N4O2. The van der Waals surface area contributed by atoms with E-state index in [4.69, 9.17) is 0 Å². The van der Waals surface area contributed by atoms with Crippen LogP contribution in [0.4, 0.5) is 17.6 Å². The van der Waals surface area contributed by atoms with Gasteiger partial charge < -0.3 is 5.11 Å². The summed E-state index contributed by atoms with van der Waals surface area (Å²) < 4.78 is 52.6. The summed E-state index contributed by atoms with van der Waals surface area (Å²) in [6, 6.07) is 0.501. The van der Waals surface area contributed by atoms with Crippen molar-refractivity contribution in [2.75, 3.05) is 0 Å². The molecule has 0 spiro atoms. The summed E-state index contributed by atoms with van der Waals surface area (Å²) in [6.07, 6.45) is -6.24. The Balaban J connectivity index is 2.32. The third-order valence-corrected chi connectivity index (χ3v) is 3.34. The van der Waals surface area contributed by atoms with Gasteiger partial charge in [-0.05, 0) is 19.9 Å². The van der Waals surface area contributed by atoms with Crippen LogP contribution in [0.1, 0.15) is 25.1 Å². The summed E-state index contributed by atoms with van der Waals surface area (Å²) in [4.78, 5) is 12.3. The quantitative estimate of drug-likeness (QED) is 0.855. The van der Waals surface area contributed by atoms with Crippen LogP contribution in [0.5, 0.6) is 0 Å². The molecule has 1 aromatic rings. The van der Waals surface area contributed by atoms with E-state index in [-0.39, 0.29) is 5.01 Å². The van der Waals surface area contributed by atoms with Gasteiger partial charge in [-0.3, -0.25) is 9.48 Å². The standard InChI is InChI=1S/C12H14F4N4O2/c1-6-3-4-19(17-6)7(2)10(21)20-12(22,11(15)16)5-8(18-20)9(13)14/h3-4,7,9,11,22H,5H2,1-2H3/t7-,12-/m0/s1. The van der Waals surface area contributed by atoms with Gasteiger partial charge in [0.2, 0.25) is 5.72 Å². The van der Waals surface area contributed by atoms with Gasteiger partial charge in [0, 0.05) is 12.6 Å². The number of nitrogens with zero attached hydrogens (tertiary/aromatic N) is 4. The van der Waals surface area contributed by atoms with Gasteiger partial charge in [0.05, 0.1) is 5.69 Å². The first-order chi connectivity index (χ1) is 10.2. The second-order valence-electron chi connectivity index (χ2n) is 5.01. The van der Waals surface area contributed by atoms with Crippen LogP contribution in [-0.4, -0.2) is 50.1 Å². The van der Waals surface area contributed by atoms with Crippen LogP contribution >= 0.6 is 0 Å². The first kappa shape index (κ1) is 16.4. The molecule has 2 atom stereocenters. The Morgan fingerprint density at radius 3 is 2.50 bits per heavy atom. The summed E-state index contributed by atoms with van der Waals surface area (Å²) in [5.74, 6) is -1.05. The number of carbonyl (C=O) groups excluding carboxylic acids is 1. The van der Waals surface area contributed by atoms with E-state index >= 15 is 0 Å². The Kier molecular flexibility index (Phi) is 4.23. The monoisotopic (exact) mass is 322 g/mol. The predicted octanol–water partition coefficient (Wildman–Crippen LogP) is 1.56. The Bertz CT molecular complexity index is 604. The molecule has 0 saturated heterocycles. The molecule has 0 saturated carbocycles. The van der Waals surface area contributed by atoms with Crippen LogP contribution in [-0.2, 0) is 4.79 Å². The fraction of sp³-hybridized carbons (Fsp3) is 0.583. The van der Waals surface area contributed by atoms with Crippen molar-refractivity contribution in [3.05, 3.63) is 18.0 Å². The number of amides is 1. The lowest BCUT2D eigenvalue weighted by molar-refractivity contribution is -0.194. The fourth-order valence-electron chi connectivity index (χ4n) is 2.06. The molecule has 6 nitrogen and oxygen atoms in total. The molecule has 0 bridgehead atoms. The highest BCUT2D eigenvalue weighted by Gasteiger charge is 2.54. The molecule has 0 unspecified atom stereocenters. The number of hydrazone groups is 1. The van der Waals surface area contributed by atoms with Crippen LogP contribution in [0, 0.1) is 6.92 Å². The Labute approximate surface area is 123 Å². The number of alkyl halides is 4. The van der Waals surface area contributed by atoms with Crippen molar-refractivity contribution in [1.29, 1.82) is 0 Å². The Morgan fingerprint density at radius 2 is 2.05 bits per heavy atom. The molecule has 2 rings (SSSR count). The number of halogens is 4. The predicted molar refractivity (Wildman–Crippen MR) is 67.5 cm³/mol. The lowest BCUT2D eigenvalue weighted by Crippen LogP contribution is -2.53. The number of aromatic nitrogens is 2. The van der Waals surface area contributed by atoms with Crippen molar-refractivity contribution in [2.45, 2.75) is 44.9 Å². The van der Waals surface area contributed by atoms with Crippen LogP contribution < -0.4 is 0 Å². The van der Waals surface area contributed by atoms with E-state index in [2.05, 4.69) is 10.2 Å². The molecule has 1 aliphatic heterocycles. The lowest BCUT2D eigenvalue weighted by Gasteiger charge is -2.31. The van der Waals surface area contributed by atoms with E-state index < -0.39 is 42.7 Å². The summed E-state index contributed by atoms with van der Waals surface area (Å²) in [6.45, 7) is 3.00. The highest BCUT2D eigenvalue weighted by molar-refractivity contribution is 5.93. The van der Waals surface area contributed by atoms with Gasteiger partial charge in [-0.1, -0.05) is 0 Å². The molecule has 2 heterocycles. The second kappa shape index (κ2) is 5.67. The van der Waals surface area contributed by atoms with Crippen molar-refractivity contribution in [3.63, 3.8) is 0 Å². The molecule has 0 fully saturated rings. The van der Waals surface area contributed by atoms with Crippen LogP contribution in [0.25, 0.3) is 0 Å². The molecule has 1 aliphatic rings. The first-order valence-electron chi connectivity index (χ1n) is 6.38. The van der Waals surface area contributed by atoms with E-state index in [0.717, 1.165) is 0 Å². The van der Waals surface area contributed by atoms with Crippen molar-refractivity contribution < 1.29 is 27.5 Å². The third kappa shape index (κ3) is 2.70. The summed E-state index contributed by atoms with van der Waals surface area (Å²) >= 11 is 0. The first-order valence-corrected chi connectivity index (χ1v) is 6.38. The van der Waals surface area contributed by atoms with Crippen LogP contribution in [0.2, 0.25) is 0 Å². The zero-order valence-electron chi connectivity index (χ0n) is 11.8. The fourth-order valence-corrected chi connectivity index (χ4v) is 2.06. The third-order valence-electron chi connectivity index (χ3n) is 3.34. The zero-order valence-corrected chi connectivity index (χ0v) is 11.8. The molecule has 122 valence electrons. The highest BCUT2D eigenvalue weighted by atomic mass is 19.3. The van der Waals surface area contributed by atoms with Gasteiger partial charge in [0.15, 0.2) is 0 Å². The van der Waals surface area contributed by atoms with E-state index in [1.165, 1.54) is 17.8 Å². The molecular weight excluding hydrogens is 308 g/mol. The van der Waals surface area contributed by atoms with Gasteiger partial charge >= 0.3 is 0 Å². The number of rotatable bonds is 4. The molecule has 0 aromatic carbocycles. The lowest BCUT2D eigenvalue weighted by atomic mass is 10.1. The maximum atomic E-state index is 13.1. The molecule has 1 N–H and O–H groups in total. The minimum absolute atomic E-state index is 0.0425. The van der Waals surface area contributed by atoms with Gasteiger partial charge in [0.1, 0.15) is 11.8 Å². The molecule has 22 heavy (non-hydrogen) atoms. The van der Waals surface area contributed by atoms with Gasteiger partial charge in [-0.15, -0.1) is 0 Å². The maximum absolute atomic E-state index is 13.1. The topological polar surface area (TPSA) is 70.7 Å². The number of aryl methyl sites for hydroxylation is 1. The smallest absolute Gasteiger partial charge is 0.287 e. The van der Waals surface area contributed by atoms with Gasteiger partial charge in [-0.2, -0.15) is 15.2 Å². The minimum Gasteiger partial charge on any atom is -0.364 e. The summed E-state index contributed by atoms with van der Waals surface area (Å²) in [7, 11) is 0. The Morgan fingerprint density at radius 1 is 1.41 bits per heavy atom. The maximum Gasteiger partial charge on any atom is 0.287 e. The molecule has 0 aliphatic carbocycles. The van der Waals surface area contributed by atoms with Crippen molar-refractivity contribution >= 4 is 11.6 Å². The van der Waals surface area contributed by atoms with E-state index in [1.807, 2.05) is 0 Å². The van der Waals surface area contributed by atoms with Crippen molar-refractivity contribution in [3.8, 4) is 0 Å². The number of hydrogen-bond acceptors (Lipinski definition) is 4. The van der Waals surface area contributed by atoms with E-state index in [0.29, 0.717) is 5.69 Å². The van der Waals surface area contributed by atoms with Crippen molar-refractivity contribution in [1.82, 2.24) is 14.8 Å². The second-order valence-corrected chi connectivity index (χ2v) is 5.01. The van der Waals surface area contributed by atoms with Crippen molar-refractivity contribution in [2.24, 2.45) is 5.10 Å². The Hall–Kier alpha value is -1.97. The number of hydrogen-bond donors (Lipinski definition) is 1. The molecule has 10 heteroatoms. The van der Waals surface area contributed by atoms with Gasteiger partial charge in [-0.25, -0.2) is 17.6 Å². The molecule has 0 radical (unpaired) electrons. The normalized spacial score (nSPS) is 23.3. The van der Waals surface area contributed by atoms with E-state index in [1.54, 1.807) is 13.0 Å². The number of aliphatic hydroxyl groups is 1. The zero-order chi connectivity index (χ0) is 16.7. The summed E-state index contributed by atoms with van der Waals surface area (Å²) in [5, 5.41) is 17.1.